The van der Waals surface area contributed by atoms with Gasteiger partial charge >= 0.3 is 5.97 Å². The molecular weight excluding hydrogens is 328 g/mol. The number of aliphatic carboxylic acids is 1. The summed E-state index contributed by atoms with van der Waals surface area (Å²) < 4.78 is 26.1. The van der Waals surface area contributed by atoms with E-state index in [9.17, 15) is 23.5 Å². The molecule has 0 heterocycles. The monoisotopic (exact) mass is 347 g/mol. The van der Waals surface area contributed by atoms with Crippen LogP contribution in [0.2, 0.25) is 0 Å². The molecule has 2 rings (SSSR count). The van der Waals surface area contributed by atoms with Crippen molar-refractivity contribution in [1.29, 1.82) is 0 Å². The first kappa shape index (κ1) is 18.6. The molecule has 0 aromatic heterocycles. The zero-order chi connectivity index (χ0) is 18.6. The Morgan fingerprint density at radius 3 is 2.28 bits per heavy atom. The fourth-order valence-corrected chi connectivity index (χ4v) is 2.45. The van der Waals surface area contributed by atoms with Crippen molar-refractivity contribution in [3.8, 4) is 0 Å². The molecule has 6 heteroatoms. The smallest absolute Gasteiger partial charge is 0.326 e. The van der Waals surface area contributed by atoms with Crippen LogP contribution < -0.4 is 5.32 Å². The van der Waals surface area contributed by atoms with E-state index < -0.39 is 29.6 Å². The van der Waals surface area contributed by atoms with Crippen molar-refractivity contribution in [3.63, 3.8) is 0 Å². The second kappa shape index (κ2) is 7.88. The van der Waals surface area contributed by atoms with Gasteiger partial charge in [0.25, 0.3) is 0 Å². The summed E-state index contributed by atoms with van der Waals surface area (Å²) in [6.45, 7) is 3.88. The Morgan fingerprint density at radius 2 is 1.68 bits per heavy atom. The number of hydrogen-bond acceptors (Lipinski definition) is 2. The van der Waals surface area contributed by atoms with Gasteiger partial charge in [0.05, 0.1) is 6.42 Å². The molecule has 0 unspecified atom stereocenters. The molecule has 1 amide bonds. The summed E-state index contributed by atoms with van der Waals surface area (Å²) >= 11 is 0. The molecule has 132 valence electrons. The third kappa shape index (κ3) is 5.11. The quantitative estimate of drug-likeness (QED) is 0.844. The number of benzene rings is 2. The van der Waals surface area contributed by atoms with Crippen molar-refractivity contribution in [1.82, 2.24) is 5.32 Å². The van der Waals surface area contributed by atoms with E-state index in [4.69, 9.17) is 0 Å². The third-order valence-corrected chi connectivity index (χ3v) is 3.99. The first-order chi connectivity index (χ1) is 11.8. The number of carboxylic acids is 1. The highest BCUT2D eigenvalue weighted by atomic mass is 19.2. The number of amides is 1. The van der Waals surface area contributed by atoms with Gasteiger partial charge in [-0.1, -0.05) is 24.3 Å². The molecule has 0 saturated heterocycles. The molecule has 0 saturated carbocycles. The highest BCUT2D eigenvalue weighted by Crippen LogP contribution is 2.13. The van der Waals surface area contributed by atoms with Crippen molar-refractivity contribution < 1.29 is 23.5 Å². The van der Waals surface area contributed by atoms with Crippen LogP contribution in [0.5, 0.6) is 0 Å². The Bertz CT molecular complexity index is 805. The van der Waals surface area contributed by atoms with E-state index in [1.807, 2.05) is 32.0 Å². The minimum atomic E-state index is -1.16. The Kier molecular flexibility index (Phi) is 5.85. The van der Waals surface area contributed by atoms with Gasteiger partial charge in [-0.05, 0) is 48.2 Å². The van der Waals surface area contributed by atoms with E-state index in [1.54, 1.807) is 0 Å². The lowest BCUT2D eigenvalue weighted by atomic mass is 10.0. The maximum absolute atomic E-state index is 13.2. The van der Waals surface area contributed by atoms with Gasteiger partial charge < -0.3 is 10.4 Å². The average Bonchev–Trinajstić information content (AvgIpc) is 2.53. The van der Waals surface area contributed by atoms with E-state index in [0.29, 0.717) is 0 Å². The SMILES string of the molecule is Cc1ccc(C[C@@H](NC(=O)Cc2ccc(F)c(F)c2)C(=O)O)cc1C. The Morgan fingerprint density at radius 1 is 1.00 bits per heavy atom. The number of nitrogens with one attached hydrogen (secondary N) is 1. The van der Waals surface area contributed by atoms with Crippen LogP contribution in [0, 0.1) is 25.5 Å². The number of hydrogen-bond donors (Lipinski definition) is 2. The summed E-state index contributed by atoms with van der Waals surface area (Å²) in [6, 6.07) is 7.64. The van der Waals surface area contributed by atoms with Crippen molar-refractivity contribution in [2.24, 2.45) is 0 Å². The molecule has 0 bridgehead atoms. The van der Waals surface area contributed by atoms with E-state index >= 15 is 0 Å². The second-order valence-corrected chi connectivity index (χ2v) is 6.01. The van der Waals surface area contributed by atoms with Crippen LogP contribution >= 0.6 is 0 Å². The lowest BCUT2D eigenvalue weighted by Crippen LogP contribution is -2.43. The Balaban J connectivity index is 2.04. The maximum Gasteiger partial charge on any atom is 0.326 e. The van der Waals surface area contributed by atoms with Gasteiger partial charge in [-0.15, -0.1) is 0 Å². The minimum absolute atomic E-state index is 0.139. The second-order valence-electron chi connectivity index (χ2n) is 6.01. The largest absolute Gasteiger partial charge is 0.480 e. The first-order valence-electron chi connectivity index (χ1n) is 7.78. The van der Waals surface area contributed by atoms with Crippen LogP contribution in [0.25, 0.3) is 0 Å². The van der Waals surface area contributed by atoms with E-state index in [2.05, 4.69) is 5.32 Å². The molecule has 2 N–H and O–H groups in total. The topological polar surface area (TPSA) is 66.4 Å². The van der Waals surface area contributed by atoms with Crippen LogP contribution in [-0.4, -0.2) is 23.0 Å². The molecule has 0 aliphatic carbocycles. The molecular formula is C19H19F2NO3. The van der Waals surface area contributed by atoms with Crippen molar-refractivity contribution in [2.75, 3.05) is 0 Å². The molecule has 2 aromatic rings. The van der Waals surface area contributed by atoms with E-state index in [0.717, 1.165) is 28.8 Å². The predicted molar refractivity (Wildman–Crippen MR) is 89.2 cm³/mol. The third-order valence-electron chi connectivity index (χ3n) is 3.99. The van der Waals surface area contributed by atoms with Crippen molar-refractivity contribution in [3.05, 3.63) is 70.3 Å². The van der Waals surface area contributed by atoms with Gasteiger partial charge in [-0.3, -0.25) is 4.79 Å². The molecule has 0 spiro atoms. The van der Waals surface area contributed by atoms with Gasteiger partial charge in [-0.2, -0.15) is 0 Å². The zero-order valence-corrected chi connectivity index (χ0v) is 14.0. The summed E-state index contributed by atoms with van der Waals surface area (Å²) in [4.78, 5) is 23.5. The van der Waals surface area contributed by atoms with E-state index in [-0.39, 0.29) is 18.4 Å². The fraction of sp³-hybridized carbons (Fsp3) is 0.263. The van der Waals surface area contributed by atoms with Gasteiger partial charge in [0.2, 0.25) is 5.91 Å². The van der Waals surface area contributed by atoms with Crippen LogP contribution in [0.3, 0.4) is 0 Å². The molecule has 0 fully saturated rings. The summed E-state index contributed by atoms with van der Waals surface area (Å²) in [6.07, 6.45) is -0.0894. The standard InChI is InChI=1S/C19H19F2NO3/c1-11-3-4-13(7-12(11)2)9-17(19(24)25)22-18(23)10-14-5-6-15(20)16(21)8-14/h3-8,17H,9-10H2,1-2H3,(H,22,23)(H,24,25)/t17-/m1/s1. The molecule has 25 heavy (non-hydrogen) atoms. The highest BCUT2D eigenvalue weighted by Gasteiger charge is 2.21. The number of carbonyl (C=O) groups excluding carboxylic acids is 1. The van der Waals surface area contributed by atoms with Crippen LogP contribution in [0.4, 0.5) is 8.78 Å². The Labute approximate surface area is 144 Å². The van der Waals surface area contributed by atoms with Crippen molar-refractivity contribution in [2.45, 2.75) is 32.7 Å². The average molecular weight is 347 g/mol. The summed E-state index contributed by atoms with van der Waals surface area (Å²) in [5.41, 5.74) is 3.20. The van der Waals surface area contributed by atoms with Gasteiger partial charge in [0.15, 0.2) is 11.6 Å². The summed E-state index contributed by atoms with van der Waals surface area (Å²) in [7, 11) is 0. The predicted octanol–water partition coefficient (Wildman–Crippen LogP) is 2.94. The number of halogens is 2. The minimum Gasteiger partial charge on any atom is -0.480 e. The summed E-state index contributed by atoms with van der Waals surface area (Å²) in [5.74, 6) is -3.77. The van der Waals surface area contributed by atoms with Crippen LogP contribution in [0.1, 0.15) is 22.3 Å². The van der Waals surface area contributed by atoms with Gasteiger partial charge in [-0.25, -0.2) is 13.6 Å². The summed E-state index contributed by atoms with van der Waals surface area (Å²) in [5, 5.41) is 11.8. The molecule has 0 radical (unpaired) electrons. The van der Waals surface area contributed by atoms with Gasteiger partial charge in [0.1, 0.15) is 6.04 Å². The number of carboxylic acid groups (broad SMARTS) is 1. The molecule has 1 atom stereocenters. The van der Waals surface area contributed by atoms with Crippen LogP contribution in [0.15, 0.2) is 36.4 Å². The Hall–Kier alpha value is -2.76. The molecule has 4 nitrogen and oxygen atoms in total. The fourth-order valence-electron chi connectivity index (χ4n) is 2.45. The van der Waals surface area contributed by atoms with Crippen molar-refractivity contribution >= 4 is 11.9 Å². The highest BCUT2D eigenvalue weighted by molar-refractivity contribution is 5.85. The first-order valence-corrected chi connectivity index (χ1v) is 7.78. The number of carbonyl (C=O) groups is 2. The molecule has 2 aromatic carbocycles. The van der Waals surface area contributed by atoms with Crippen LogP contribution in [-0.2, 0) is 22.4 Å². The van der Waals surface area contributed by atoms with E-state index in [1.165, 1.54) is 6.07 Å². The molecule has 0 aliphatic rings. The lowest BCUT2D eigenvalue weighted by Gasteiger charge is -2.15. The number of aryl methyl sites for hydroxylation is 2. The molecule has 0 aliphatic heterocycles. The normalized spacial score (nSPS) is 11.8. The lowest BCUT2D eigenvalue weighted by molar-refractivity contribution is -0.141. The van der Waals surface area contributed by atoms with Gasteiger partial charge in [0, 0.05) is 6.42 Å². The maximum atomic E-state index is 13.2. The number of rotatable bonds is 6. The zero-order valence-electron chi connectivity index (χ0n) is 14.0.